The van der Waals surface area contributed by atoms with Crippen LogP contribution in [0.25, 0.3) is 5.43 Å². The molecule has 2 unspecified atom stereocenters. The maximum absolute atomic E-state index is 4.33. The summed E-state index contributed by atoms with van der Waals surface area (Å²) in [6.07, 6.45) is 4.73. The van der Waals surface area contributed by atoms with Crippen LogP contribution in [0.2, 0.25) is 0 Å². The van der Waals surface area contributed by atoms with E-state index in [4.69, 9.17) is 0 Å². The second-order valence-electron chi connectivity index (χ2n) is 2.94. The highest BCUT2D eigenvalue weighted by Crippen LogP contribution is 2.15. The Kier molecular flexibility index (Phi) is 1.02. The van der Waals surface area contributed by atoms with Gasteiger partial charge >= 0.3 is 0 Å². The first-order chi connectivity index (χ1) is 4.38. The maximum Gasteiger partial charge on any atom is 0.103 e. The van der Waals surface area contributed by atoms with E-state index in [1.165, 1.54) is 30.0 Å². The molecule has 2 atom stereocenters. The molecule has 1 N–H and O–H groups in total. The van der Waals surface area contributed by atoms with Gasteiger partial charge in [0.25, 0.3) is 0 Å². The van der Waals surface area contributed by atoms with Gasteiger partial charge in [0, 0.05) is 12.8 Å². The first kappa shape index (κ1) is 5.30. The Morgan fingerprint density at radius 2 is 2.67 bits per heavy atom. The van der Waals surface area contributed by atoms with Crippen molar-refractivity contribution in [1.29, 1.82) is 0 Å². The molecule has 2 nitrogen and oxygen atoms in total. The molecule has 0 spiro atoms. The smallest absolute Gasteiger partial charge is 0.103 e. The average molecular weight is 124 g/mol. The second-order valence-corrected chi connectivity index (χ2v) is 2.94. The van der Waals surface area contributed by atoms with Crippen LogP contribution >= 0.6 is 0 Å². The summed E-state index contributed by atoms with van der Waals surface area (Å²) in [6.45, 7) is 3.44. The Hall–Kier alpha value is -0.500. The SMILES string of the molecule is CC1=C[N-][NH+]2CCCC12. The minimum Gasteiger partial charge on any atom is -0.495 e. The fourth-order valence-corrected chi connectivity index (χ4v) is 1.75. The summed E-state index contributed by atoms with van der Waals surface area (Å²) < 4.78 is 0. The van der Waals surface area contributed by atoms with Crippen LogP contribution in [0.5, 0.6) is 0 Å². The van der Waals surface area contributed by atoms with Gasteiger partial charge in [0.2, 0.25) is 0 Å². The maximum atomic E-state index is 4.33. The highest BCUT2D eigenvalue weighted by atomic mass is 15.5. The lowest BCUT2D eigenvalue weighted by molar-refractivity contribution is -0.861. The zero-order chi connectivity index (χ0) is 6.27. The molecule has 0 aromatic rings. The Morgan fingerprint density at radius 3 is 3.44 bits per heavy atom. The van der Waals surface area contributed by atoms with Crippen molar-refractivity contribution in [3.8, 4) is 0 Å². The molecule has 0 aliphatic carbocycles. The van der Waals surface area contributed by atoms with Crippen molar-refractivity contribution in [2.24, 2.45) is 0 Å². The van der Waals surface area contributed by atoms with Crippen LogP contribution in [0.15, 0.2) is 11.8 Å². The van der Waals surface area contributed by atoms with Crippen molar-refractivity contribution >= 4 is 0 Å². The van der Waals surface area contributed by atoms with Gasteiger partial charge < -0.3 is 10.4 Å². The zero-order valence-electron chi connectivity index (χ0n) is 5.72. The largest absolute Gasteiger partial charge is 0.495 e. The van der Waals surface area contributed by atoms with E-state index in [0.29, 0.717) is 0 Å². The number of fused-ring (bicyclic) bond motifs is 1. The number of nitrogens with zero attached hydrogens (tertiary/aromatic N) is 1. The number of hydrogen-bond acceptors (Lipinski definition) is 0. The third kappa shape index (κ3) is 0.663. The third-order valence-electron chi connectivity index (χ3n) is 2.31. The number of hydrogen-bond donors (Lipinski definition) is 1. The summed E-state index contributed by atoms with van der Waals surface area (Å²) in [7, 11) is 0. The Labute approximate surface area is 55.5 Å². The summed E-state index contributed by atoms with van der Waals surface area (Å²) in [5.74, 6) is 0. The van der Waals surface area contributed by atoms with Crippen LogP contribution in [-0.4, -0.2) is 12.6 Å². The monoisotopic (exact) mass is 124 g/mol. The quantitative estimate of drug-likeness (QED) is 0.477. The first-order valence-corrected chi connectivity index (χ1v) is 3.61. The summed E-state index contributed by atoms with van der Waals surface area (Å²) in [6, 6.07) is 0.755. The van der Waals surface area contributed by atoms with Crippen molar-refractivity contribution < 1.29 is 5.01 Å². The molecule has 2 heterocycles. The molecule has 50 valence electrons. The molecule has 9 heavy (non-hydrogen) atoms. The fourth-order valence-electron chi connectivity index (χ4n) is 1.75. The molecule has 0 aromatic heterocycles. The first-order valence-electron chi connectivity index (χ1n) is 3.61. The predicted molar refractivity (Wildman–Crippen MR) is 36.0 cm³/mol. The van der Waals surface area contributed by atoms with E-state index >= 15 is 0 Å². The summed E-state index contributed by atoms with van der Waals surface area (Å²) >= 11 is 0. The average Bonchev–Trinajstić information content (AvgIpc) is 2.35. The summed E-state index contributed by atoms with van der Waals surface area (Å²) in [5, 5.41) is 1.44. The van der Waals surface area contributed by atoms with Crippen LogP contribution in [-0.2, 0) is 0 Å². The van der Waals surface area contributed by atoms with Gasteiger partial charge in [-0.3, -0.25) is 0 Å². The van der Waals surface area contributed by atoms with Crippen LogP contribution < -0.4 is 5.01 Å². The van der Waals surface area contributed by atoms with E-state index in [9.17, 15) is 0 Å². The van der Waals surface area contributed by atoms with Crippen molar-refractivity contribution in [1.82, 2.24) is 0 Å². The van der Waals surface area contributed by atoms with E-state index in [1.54, 1.807) is 0 Å². The van der Waals surface area contributed by atoms with Crippen molar-refractivity contribution in [2.45, 2.75) is 25.8 Å². The fraction of sp³-hybridized carbons (Fsp3) is 0.714. The number of quaternary nitrogens is 1. The standard InChI is InChI=1S/C7H12N2/c1-6-5-8-9-4-2-3-7(6)9/h5,7,9H,2-4H2,1H3. The van der Waals surface area contributed by atoms with Gasteiger partial charge in [-0.2, -0.15) is 0 Å². The van der Waals surface area contributed by atoms with Gasteiger partial charge in [-0.25, -0.2) is 0 Å². The minimum absolute atomic E-state index is 0.755. The third-order valence-corrected chi connectivity index (χ3v) is 2.31. The van der Waals surface area contributed by atoms with E-state index in [-0.39, 0.29) is 0 Å². The topological polar surface area (TPSA) is 18.5 Å². The lowest BCUT2D eigenvalue weighted by atomic mass is 10.1. The van der Waals surface area contributed by atoms with Gasteiger partial charge in [0.05, 0.1) is 6.54 Å². The van der Waals surface area contributed by atoms with Crippen LogP contribution in [0, 0.1) is 0 Å². The van der Waals surface area contributed by atoms with Crippen LogP contribution in [0.3, 0.4) is 0 Å². The molecule has 0 radical (unpaired) electrons. The normalized spacial score (nSPS) is 39.9. The molecule has 0 bridgehead atoms. The number of nitrogens with one attached hydrogen (secondary N) is 1. The Balaban J connectivity index is 2.16. The lowest BCUT2D eigenvalue weighted by Gasteiger charge is -2.23. The van der Waals surface area contributed by atoms with E-state index < -0.39 is 0 Å². The molecular formula is C7H12N2. The molecule has 1 saturated heterocycles. The van der Waals surface area contributed by atoms with Gasteiger partial charge in [-0.1, -0.05) is 0 Å². The van der Waals surface area contributed by atoms with Gasteiger partial charge in [-0.15, -0.1) is 6.20 Å². The van der Waals surface area contributed by atoms with Crippen LogP contribution in [0.1, 0.15) is 19.8 Å². The van der Waals surface area contributed by atoms with Crippen molar-refractivity contribution in [2.75, 3.05) is 6.54 Å². The zero-order valence-corrected chi connectivity index (χ0v) is 5.72. The van der Waals surface area contributed by atoms with E-state index in [0.717, 1.165) is 6.04 Å². The van der Waals surface area contributed by atoms with E-state index in [2.05, 4.69) is 12.3 Å². The Bertz CT molecular complexity index is 151. The van der Waals surface area contributed by atoms with Gasteiger partial charge in [0.1, 0.15) is 6.04 Å². The molecule has 1 fully saturated rings. The van der Waals surface area contributed by atoms with Crippen molar-refractivity contribution in [3.63, 3.8) is 0 Å². The molecule has 2 heteroatoms. The summed E-state index contributed by atoms with van der Waals surface area (Å²) in [5.41, 5.74) is 5.81. The van der Waals surface area contributed by atoms with Gasteiger partial charge in [-0.05, 0) is 12.5 Å². The van der Waals surface area contributed by atoms with Gasteiger partial charge in [0.15, 0.2) is 0 Å². The molecular weight excluding hydrogens is 112 g/mol. The highest BCUT2D eigenvalue weighted by molar-refractivity contribution is 5.15. The molecule has 2 aliphatic heterocycles. The lowest BCUT2D eigenvalue weighted by Crippen LogP contribution is -3.08. The molecule has 0 amide bonds. The molecule has 2 rings (SSSR count). The second kappa shape index (κ2) is 1.74. The highest BCUT2D eigenvalue weighted by Gasteiger charge is 2.27. The minimum atomic E-state index is 0.755. The van der Waals surface area contributed by atoms with E-state index in [1.807, 2.05) is 6.20 Å². The number of rotatable bonds is 0. The predicted octanol–water partition coefficient (Wildman–Crippen LogP) is 0.240. The molecule has 2 aliphatic rings. The summed E-state index contributed by atoms with van der Waals surface area (Å²) in [4.78, 5) is 0. The van der Waals surface area contributed by atoms with Crippen LogP contribution in [0.4, 0.5) is 0 Å². The molecule has 0 saturated carbocycles. The van der Waals surface area contributed by atoms with Crippen molar-refractivity contribution in [3.05, 3.63) is 17.2 Å². The Morgan fingerprint density at radius 1 is 1.78 bits per heavy atom. The molecule has 0 aromatic carbocycles.